The monoisotopic (exact) mass is 355 g/mol. The Labute approximate surface area is 145 Å². The zero-order chi connectivity index (χ0) is 18.3. The van der Waals surface area contributed by atoms with Crippen LogP contribution in [0.3, 0.4) is 0 Å². The minimum atomic E-state index is -3.64. The molecule has 0 radical (unpaired) electrons. The summed E-state index contributed by atoms with van der Waals surface area (Å²) in [6.07, 6.45) is 1.12. The lowest BCUT2D eigenvalue weighted by molar-refractivity contribution is -0.144. The van der Waals surface area contributed by atoms with Crippen LogP contribution in [0.25, 0.3) is 0 Å². The number of aryl methyl sites for hydroxylation is 1. The zero-order valence-corrected chi connectivity index (χ0v) is 16.0. The second kappa shape index (κ2) is 9.18. The Morgan fingerprint density at radius 2 is 1.71 bits per heavy atom. The van der Waals surface area contributed by atoms with E-state index in [0.717, 1.165) is 12.0 Å². The summed E-state index contributed by atoms with van der Waals surface area (Å²) in [7, 11) is -3.64. The Balaban J connectivity index is 2.68. The quantitative estimate of drug-likeness (QED) is 0.690. The molecule has 0 amide bonds. The molecule has 1 aromatic rings. The van der Waals surface area contributed by atoms with Gasteiger partial charge in [0.1, 0.15) is 6.61 Å². The first-order valence-corrected chi connectivity index (χ1v) is 9.84. The SMILES string of the molecule is Cc1ccc(S(=O)(=O)N[C@H](COC(=O)CCC(C)C)C(C)C)cc1. The molecular formula is C18H29NO4S. The second-order valence-electron chi connectivity index (χ2n) is 6.90. The van der Waals surface area contributed by atoms with E-state index < -0.39 is 16.1 Å². The highest BCUT2D eigenvalue weighted by atomic mass is 32.2. The highest BCUT2D eigenvalue weighted by Gasteiger charge is 2.23. The number of benzene rings is 1. The summed E-state index contributed by atoms with van der Waals surface area (Å²) in [6, 6.07) is 6.20. The maximum absolute atomic E-state index is 12.5. The number of hydrogen-bond acceptors (Lipinski definition) is 4. The largest absolute Gasteiger partial charge is 0.464 e. The van der Waals surface area contributed by atoms with Crippen molar-refractivity contribution < 1.29 is 17.9 Å². The molecule has 0 aromatic heterocycles. The van der Waals surface area contributed by atoms with Gasteiger partial charge in [-0.2, -0.15) is 0 Å². The average Bonchev–Trinajstić information content (AvgIpc) is 2.49. The molecule has 0 bridgehead atoms. The Bertz CT molecular complexity index is 621. The number of sulfonamides is 1. The number of rotatable bonds is 9. The fourth-order valence-electron chi connectivity index (χ4n) is 2.01. The van der Waals surface area contributed by atoms with Crippen LogP contribution in [0.2, 0.25) is 0 Å². The maximum atomic E-state index is 12.5. The Morgan fingerprint density at radius 1 is 1.12 bits per heavy atom. The van der Waals surface area contributed by atoms with Crippen LogP contribution in [-0.4, -0.2) is 27.0 Å². The van der Waals surface area contributed by atoms with Crippen molar-refractivity contribution in [1.29, 1.82) is 0 Å². The van der Waals surface area contributed by atoms with Crippen LogP contribution in [0.1, 0.15) is 46.1 Å². The zero-order valence-electron chi connectivity index (χ0n) is 15.2. The highest BCUT2D eigenvalue weighted by Crippen LogP contribution is 2.13. The van der Waals surface area contributed by atoms with Crippen LogP contribution in [0.5, 0.6) is 0 Å². The van der Waals surface area contributed by atoms with E-state index in [0.29, 0.717) is 12.3 Å². The number of carbonyl (C=O) groups excluding carboxylic acids is 1. The number of hydrogen-bond donors (Lipinski definition) is 1. The van der Waals surface area contributed by atoms with E-state index in [-0.39, 0.29) is 23.4 Å². The Morgan fingerprint density at radius 3 is 2.21 bits per heavy atom. The molecule has 0 aliphatic heterocycles. The van der Waals surface area contributed by atoms with E-state index in [9.17, 15) is 13.2 Å². The van der Waals surface area contributed by atoms with Gasteiger partial charge in [-0.15, -0.1) is 0 Å². The smallest absolute Gasteiger partial charge is 0.305 e. The summed E-state index contributed by atoms with van der Waals surface area (Å²) >= 11 is 0. The second-order valence-corrected chi connectivity index (χ2v) is 8.61. The number of ether oxygens (including phenoxy) is 1. The standard InChI is InChI=1S/C18H29NO4S/c1-13(2)6-11-18(20)23-12-17(14(3)4)19-24(21,22)16-9-7-15(5)8-10-16/h7-10,13-14,17,19H,6,11-12H2,1-5H3/t17-/m1/s1. The van der Waals surface area contributed by atoms with Crippen molar-refractivity contribution in [3.05, 3.63) is 29.8 Å². The fourth-order valence-corrected chi connectivity index (χ4v) is 3.38. The van der Waals surface area contributed by atoms with Gasteiger partial charge >= 0.3 is 5.97 Å². The van der Waals surface area contributed by atoms with Gasteiger partial charge in [-0.3, -0.25) is 4.79 Å². The van der Waals surface area contributed by atoms with Crippen molar-refractivity contribution in [2.45, 2.75) is 58.4 Å². The van der Waals surface area contributed by atoms with Gasteiger partial charge in [-0.1, -0.05) is 45.4 Å². The molecule has 1 atom stereocenters. The molecule has 1 rings (SSSR count). The Kier molecular flexibility index (Phi) is 7.90. The summed E-state index contributed by atoms with van der Waals surface area (Å²) in [5.41, 5.74) is 0.994. The van der Waals surface area contributed by atoms with Crippen molar-refractivity contribution >= 4 is 16.0 Å². The summed E-state index contributed by atoms with van der Waals surface area (Å²) < 4.78 is 32.8. The lowest BCUT2D eigenvalue weighted by atomic mass is 10.1. The molecule has 0 fully saturated rings. The van der Waals surface area contributed by atoms with E-state index in [4.69, 9.17) is 4.74 Å². The van der Waals surface area contributed by atoms with Crippen LogP contribution < -0.4 is 4.72 Å². The first-order valence-electron chi connectivity index (χ1n) is 8.36. The predicted octanol–water partition coefficient (Wildman–Crippen LogP) is 3.28. The molecule has 0 unspecified atom stereocenters. The van der Waals surface area contributed by atoms with E-state index in [2.05, 4.69) is 4.72 Å². The molecule has 0 aliphatic rings. The van der Waals surface area contributed by atoms with Gasteiger partial charge in [0.2, 0.25) is 10.0 Å². The van der Waals surface area contributed by atoms with Crippen LogP contribution in [-0.2, 0) is 19.6 Å². The molecule has 0 heterocycles. The van der Waals surface area contributed by atoms with E-state index in [1.54, 1.807) is 24.3 Å². The van der Waals surface area contributed by atoms with Gasteiger partial charge in [-0.25, -0.2) is 13.1 Å². The molecule has 1 N–H and O–H groups in total. The topological polar surface area (TPSA) is 72.5 Å². The molecule has 6 heteroatoms. The third kappa shape index (κ3) is 7.01. The summed E-state index contributed by atoms with van der Waals surface area (Å²) in [5, 5.41) is 0. The molecule has 1 aromatic carbocycles. The van der Waals surface area contributed by atoms with Gasteiger partial charge in [0.15, 0.2) is 0 Å². The third-order valence-corrected chi connectivity index (χ3v) is 5.30. The van der Waals surface area contributed by atoms with E-state index >= 15 is 0 Å². The maximum Gasteiger partial charge on any atom is 0.305 e. The van der Waals surface area contributed by atoms with Gasteiger partial charge in [0, 0.05) is 6.42 Å². The summed E-state index contributed by atoms with van der Waals surface area (Å²) in [4.78, 5) is 12.0. The molecular weight excluding hydrogens is 326 g/mol. The van der Waals surface area contributed by atoms with Gasteiger partial charge in [0.25, 0.3) is 0 Å². The molecule has 0 aliphatic carbocycles. The van der Waals surface area contributed by atoms with Gasteiger partial charge in [-0.05, 0) is 37.3 Å². The van der Waals surface area contributed by atoms with Crippen molar-refractivity contribution in [2.24, 2.45) is 11.8 Å². The molecule has 0 saturated carbocycles. The molecule has 0 spiro atoms. The minimum Gasteiger partial charge on any atom is -0.464 e. The van der Waals surface area contributed by atoms with Crippen molar-refractivity contribution in [3.63, 3.8) is 0 Å². The van der Waals surface area contributed by atoms with E-state index in [1.807, 2.05) is 34.6 Å². The minimum absolute atomic E-state index is 0.00289. The molecule has 0 saturated heterocycles. The van der Waals surface area contributed by atoms with Crippen LogP contribution in [0.4, 0.5) is 0 Å². The van der Waals surface area contributed by atoms with Gasteiger partial charge in [0.05, 0.1) is 10.9 Å². The van der Waals surface area contributed by atoms with Crippen molar-refractivity contribution in [2.75, 3.05) is 6.61 Å². The summed E-state index contributed by atoms with van der Waals surface area (Å²) in [6.45, 7) is 9.81. The number of carbonyl (C=O) groups is 1. The van der Waals surface area contributed by atoms with Crippen LogP contribution >= 0.6 is 0 Å². The molecule has 136 valence electrons. The van der Waals surface area contributed by atoms with Crippen molar-refractivity contribution in [1.82, 2.24) is 4.72 Å². The van der Waals surface area contributed by atoms with E-state index in [1.165, 1.54) is 0 Å². The van der Waals surface area contributed by atoms with Crippen LogP contribution in [0, 0.1) is 18.8 Å². The first-order chi connectivity index (χ1) is 11.1. The van der Waals surface area contributed by atoms with Crippen LogP contribution in [0.15, 0.2) is 29.2 Å². The lowest BCUT2D eigenvalue weighted by Crippen LogP contribution is -2.42. The fraction of sp³-hybridized carbons (Fsp3) is 0.611. The normalized spacial score (nSPS) is 13.3. The molecule has 24 heavy (non-hydrogen) atoms. The summed E-state index contributed by atoms with van der Waals surface area (Å²) in [5.74, 6) is 0.144. The Hall–Kier alpha value is -1.40. The lowest BCUT2D eigenvalue weighted by Gasteiger charge is -2.22. The highest BCUT2D eigenvalue weighted by molar-refractivity contribution is 7.89. The first kappa shape index (κ1) is 20.6. The number of esters is 1. The van der Waals surface area contributed by atoms with Gasteiger partial charge < -0.3 is 4.74 Å². The number of nitrogens with one attached hydrogen (secondary N) is 1. The average molecular weight is 356 g/mol. The third-order valence-electron chi connectivity index (χ3n) is 3.79. The molecule has 5 nitrogen and oxygen atoms in total. The van der Waals surface area contributed by atoms with Crippen molar-refractivity contribution in [3.8, 4) is 0 Å². The predicted molar refractivity (Wildman–Crippen MR) is 95.2 cm³/mol.